The van der Waals surface area contributed by atoms with Crippen LogP contribution in [0.25, 0.3) is 11.3 Å². The van der Waals surface area contributed by atoms with Gasteiger partial charge in [-0.15, -0.1) is 0 Å². The highest BCUT2D eigenvalue weighted by Gasteiger charge is 2.19. The molecule has 154 valence electrons. The third-order valence-electron chi connectivity index (χ3n) is 5.49. The van der Waals surface area contributed by atoms with Crippen LogP contribution in [0.2, 0.25) is 10.0 Å². The molecule has 0 radical (unpaired) electrons. The molecule has 1 unspecified atom stereocenters. The lowest BCUT2D eigenvalue weighted by atomic mass is 9.98. The highest BCUT2D eigenvalue weighted by atomic mass is 35.5. The summed E-state index contributed by atoms with van der Waals surface area (Å²) >= 11 is 12.3. The average molecular weight is 424 g/mol. The highest BCUT2D eigenvalue weighted by Crippen LogP contribution is 2.28. The monoisotopic (exact) mass is 423 g/mol. The summed E-state index contributed by atoms with van der Waals surface area (Å²) in [6.45, 7) is 8.68. The zero-order valence-corrected chi connectivity index (χ0v) is 18.6. The van der Waals surface area contributed by atoms with Gasteiger partial charge in [0.2, 0.25) is 0 Å². The molecular weight excluding hydrogens is 393 g/mol. The molecule has 7 heteroatoms. The second-order valence-corrected chi connectivity index (χ2v) is 8.78. The third-order valence-corrected chi connectivity index (χ3v) is 5.92. The van der Waals surface area contributed by atoms with Gasteiger partial charge in [0.05, 0.1) is 5.69 Å². The minimum Gasteiger partial charge on any atom is -0.354 e. The predicted octanol–water partition coefficient (Wildman–Crippen LogP) is 4.48. The number of nitrogens with one attached hydrogen (secondary N) is 1. The fourth-order valence-electron chi connectivity index (χ4n) is 4.01. The van der Waals surface area contributed by atoms with E-state index in [1.54, 1.807) is 6.07 Å². The lowest BCUT2D eigenvalue weighted by Gasteiger charge is -2.33. The molecule has 1 saturated heterocycles. The summed E-state index contributed by atoms with van der Waals surface area (Å²) in [5.74, 6) is 1.74. The van der Waals surface area contributed by atoms with Gasteiger partial charge in [-0.05, 0) is 64.5 Å². The molecule has 5 nitrogen and oxygen atoms in total. The second-order valence-electron chi connectivity index (χ2n) is 7.91. The van der Waals surface area contributed by atoms with Gasteiger partial charge >= 0.3 is 0 Å². The zero-order chi connectivity index (χ0) is 20.1. The van der Waals surface area contributed by atoms with E-state index in [2.05, 4.69) is 52.0 Å². The number of likely N-dealkylation sites (N-methyl/N-ethyl adjacent to an activating group) is 2. The van der Waals surface area contributed by atoms with Gasteiger partial charge in [0, 0.05) is 54.4 Å². The van der Waals surface area contributed by atoms with Crippen LogP contribution >= 0.6 is 23.2 Å². The molecule has 1 aromatic carbocycles. The number of H-pyrrole nitrogens is 1. The second kappa shape index (κ2) is 9.97. The summed E-state index contributed by atoms with van der Waals surface area (Å²) in [5.41, 5.74) is 1.88. The van der Waals surface area contributed by atoms with Crippen molar-refractivity contribution < 1.29 is 0 Å². The van der Waals surface area contributed by atoms with Gasteiger partial charge < -0.3 is 14.7 Å². The molecule has 0 spiro atoms. The van der Waals surface area contributed by atoms with Crippen LogP contribution in [0.4, 0.5) is 5.82 Å². The number of halogens is 2. The lowest BCUT2D eigenvalue weighted by molar-refractivity contribution is 0.168. The summed E-state index contributed by atoms with van der Waals surface area (Å²) in [7, 11) is 4.46. The van der Waals surface area contributed by atoms with Crippen molar-refractivity contribution in [2.24, 2.45) is 5.92 Å². The van der Waals surface area contributed by atoms with Crippen molar-refractivity contribution in [3.05, 3.63) is 34.3 Å². The van der Waals surface area contributed by atoms with Crippen LogP contribution in [0.1, 0.15) is 19.8 Å². The molecule has 1 N–H and O–H groups in total. The van der Waals surface area contributed by atoms with E-state index in [9.17, 15) is 0 Å². The Hall–Kier alpha value is -1.27. The molecule has 1 fully saturated rings. The smallest absolute Gasteiger partial charge is 0.151 e. The molecule has 0 bridgehead atoms. The molecule has 1 aliphatic heterocycles. The number of aromatic amines is 1. The molecule has 0 aliphatic carbocycles. The van der Waals surface area contributed by atoms with Crippen molar-refractivity contribution in [2.45, 2.75) is 19.8 Å². The number of hydrogen-bond acceptors (Lipinski definition) is 4. The number of nitrogens with zero attached hydrogens (tertiary/aromatic N) is 4. The standard InChI is InChI=1S/C21H31Cl2N5/c1-4-28(9-8-27(3)15-16-6-5-7-26(2)14-16)21-13-20(24-25-21)17-10-18(22)12-19(23)11-17/h10-13,16H,4-9,14-15H2,1-3H3,(H,24,25). The summed E-state index contributed by atoms with van der Waals surface area (Å²) in [6, 6.07) is 7.61. The van der Waals surface area contributed by atoms with Crippen molar-refractivity contribution in [3.63, 3.8) is 0 Å². The highest BCUT2D eigenvalue weighted by molar-refractivity contribution is 6.35. The largest absolute Gasteiger partial charge is 0.354 e. The number of anilines is 1. The van der Waals surface area contributed by atoms with Crippen molar-refractivity contribution in [1.82, 2.24) is 20.0 Å². The van der Waals surface area contributed by atoms with Crippen LogP contribution in [0.5, 0.6) is 0 Å². The molecule has 1 aromatic heterocycles. The van der Waals surface area contributed by atoms with Crippen LogP contribution in [-0.2, 0) is 0 Å². The Balaban J connectivity index is 1.57. The van der Waals surface area contributed by atoms with E-state index in [0.29, 0.717) is 10.0 Å². The average Bonchev–Trinajstić information content (AvgIpc) is 3.11. The van der Waals surface area contributed by atoms with Crippen LogP contribution in [-0.4, -0.2) is 73.4 Å². The van der Waals surface area contributed by atoms with E-state index in [4.69, 9.17) is 23.2 Å². The Bertz CT molecular complexity index is 743. The maximum Gasteiger partial charge on any atom is 0.151 e. The molecule has 2 aromatic rings. The first-order chi connectivity index (χ1) is 13.4. The quantitative estimate of drug-likeness (QED) is 0.678. The van der Waals surface area contributed by atoms with Crippen molar-refractivity contribution in [3.8, 4) is 11.3 Å². The molecule has 2 heterocycles. The number of benzene rings is 1. The lowest BCUT2D eigenvalue weighted by Crippen LogP contribution is -2.40. The predicted molar refractivity (Wildman–Crippen MR) is 120 cm³/mol. The molecule has 28 heavy (non-hydrogen) atoms. The molecule has 3 rings (SSSR count). The molecule has 1 atom stereocenters. The minimum absolute atomic E-state index is 0.626. The Kier molecular flexibility index (Phi) is 7.63. The summed E-state index contributed by atoms with van der Waals surface area (Å²) in [5, 5.41) is 8.89. The van der Waals surface area contributed by atoms with Crippen LogP contribution in [0.15, 0.2) is 24.3 Å². The molecule has 1 aliphatic rings. The number of likely N-dealkylation sites (tertiary alicyclic amines) is 1. The van der Waals surface area contributed by atoms with Gasteiger partial charge in [-0.1, -0.05) is 23.2 Å². The van der Waals surface area contributed by atoms with Gasteiger partial charge in [-0.25, -0.2) is 0 Å². The van der Waals surface area contributed by atoms with E-state index in [-0.39, 0.29) is 0 Å². The van der Waals surface area contributed by atoms with Gasteiger partial charge in [0.15, 0.2) is 5.82 Å². The van der Waals surface area contributed by atoms with Crippen LogP contribution in [0.3, 0.4) is 0 Å². The summed E-state index contributed by atoms with van der Waals surface area (Å²) in [6.07, 6.45) is 2.66. The fraction of sp³-hybridized carbons (Fsp3) is 0.571. The van der Waals surface area contributed by atoms with Gasteiger partial charge in [-0.2, -0.15) is 5.10 Å². The summed E-state index contributed by atoms with van der Waals surface area (Å²) < 4.78 is 0. The number of aromatic nitrogens is 2. The van der Waals surface area contributed by atoms with E-state index in [0.717, 1.165) is 49.2 Å². The molecular formula is C21H31Cl2N5. The Morgan fingerprint density at radius 2 is 1.93 bits per heavy atom. The first-order valence-electron chi connectivity index (χ1n) is 10.1. The molecule has 0 amide bonds. The van der Waals surface area contributed by atoms with Gasteiger partial charge in [0.25, 0.3) is 0 Å². The molecule has 0 saturated carbocycles. The van der Waals surface area contributed by atoms with Crippen LogP contribution < -0.4 is 4.90 Å². The first kappa shape index (κ1) is 21.4. The normalized spacial score (nSPS) is 18.0. The third kappa shape index (κ3) is 5.86. The van der Waals surface area contributed by atoms with E-state index < -0.39 is 0 Å². The summed E-state index contributed by atoms with van der Waals surface area (Å²) in [4.78, 5) is 7.21. The van der Waals surface area contributed by atoms with Crippen LogP contribution in [0, 0.1) is 5.92 Å². The SMILES string of the molecule is CCN(CCN(C)CC1CCCN(C)C1)c1cc(-c2cc(Cl)cc(Cl)c2)[nH]n1. The number of rotatable bonds is 8. The van der Waals surface area contributed by atoms with E-state index in [1.807, 2.05) is 12.1 Å². The van der Waals surface area contributed by atoms with Crippen molar-refractivity contribution in [1.29, 1.82) is 0 Å². The Morgan fingerprint density at radius 1 is 1.18 bits per heavy atom. The Morgan fingerprint density at radius 3 is 2.61 bits per heavy atom. The Labute approximate surface area is 178 Å². The minimum atomic E-state index is 0.626. The number of hydrogen-bond donors (Lipinski definition) is 1. The van der Waals surface area contributed by atoms with E-state index >= 15 is 0 Å². The maximum atomic E-state index is 6.13. The topological polar surface area (TPSA) is 38.4 Å². The van der Waals surface area contributed by atoms with Crippen molar-refractivity contribution in [2.75, 3.05) is 58.3 Å². The van der Waals surface area contributed by atoms with E-state index in [1.165, 1.54) is 25.9 Å². The first-order valence-corrected chi connectivity index (χ1v) is 10.8. The van der Waals surface area contributed by atoms with Gasteiger partial charge in [0.1, 0.15) is 0 Å². The van der Waals surface area contributed by atoms with Gasteiger partial charge in [-0.3, -0.25) is 5.10 Å². The zero-order valence-electron chi connectivity index (χ0n) is 17.1. The maximum absolute atomic E-state index is 6.13. The fourth-order valence-corrected chi connectivity index (χ4v) is 4.54. The van der Waals surface area contributed by atoms with Crippen molar-refractivity contribution >= 4 is 29.0 Å². The number of piperidine rings is 1.